The fraction of sp³-hybridized carbons (Fsp3) is 0.467. The average Bonchev–Trinajstić information content (AvgIpc) is 2.80. The monoisotopic (exact) mass is 354 g/mol. The average molecular weight is 354 g/mol. The molecule has 1 saturated heterocycles. The van der Waals surface area contributed by atoms with Gasteiger partial charge in [0.1, 0.15) is 23.2 Å². The lowest BCUT2D eigenvalue weighted by molar-refractivity contribution is -0.141. The lowest BCUT2D eigenvalue weighted by Gasteiger charge is -2.23. The molecule has 0 amide bonds. The maximum atomic E-state index is 13.0. The van der Waals surface area contributed by atoms with Crippen molar-refractivity contribution < 1.29 is 13.2 Å². The first-order chi connectivity index (χ1) is 11.8. The molecule has 2 aromatic heterocycles. The van der Waals surface area contributed by atoms with Crippen molar-refractivity contribution in [1.82, 2.24) is 20.2 Å². The predicted octanol–water partition coefficient (Wildman–Crippen LogP) is 1.60. The van der Waals surface area contributed by atoms with Gasteiger partial charge in [0.2, 0.25) is 0 Å². The number of halogens is 3. The molecule has 0 spiro atoms. The third-order valence-electron chi connectivity index (χ3n) is 3.92. The molecule has 0 unspecified atom stereocenters. The van der Waals surface area contributed by atoms with Crippen LogP contribution in [0.5, 0.6) is 0 Å². The van der Waals surface area contributed by atoms with E-state index in [1.165, 1.54) is 13.0 Å². The number of aryl methyl sites for hydroxylation is 1. The van der Waals surface area contributed by atoms with E-state index in [-0.39, 0.29) is 17.2 Å². The van der Waals surface area contributed by atoms with Gasteiger partial charge < -0.3 is 9.80 Å². The molecule has 10 heteroatoms. The summed E-state index contributed by atoms with van der Waals surface area (Å²) in [5, 5.41) is 6.38. The van der Waals surface area contributed by atoms with E-state index in [2.05, 4.69) is 20.2 Å². The Morgan fingerprint density at radius 2 is 1.72 bits per heavy atom. The Morgan fingerprint density at radius 1 is 1.04 bits per heavy atom. The highest BCUT2D eigenvalue weighted by atomic mass is 19.4. The van der Waals surface area contributed by atoms with E-state index in [9.17, 15) is 18.0 Å². The summed E-state index contributed by atoms with van der Waals surface area (Å²) >= 11 is 0. The second-order valence-electron chi connectivity index (χ2n) is 5.76. The molecule has 1 aliphatic rings. The predicted molar refractivity (Wildman–Crippen MR) is 85.7 cm³/mol. The first-order valence-corrected chi connectivity index (χ1v) is 7.81. The molecule has 3 rings (SSSR count). The smallest absolute Gasteiger partial charge is 0.355 e. The molecule has 0 aliphatic carbocycles. The second kappa shape index (κ2) is 6.69. The largest absolute Gasteiger partial charge is 0.433 e. The zero-order valence-electron chi connectivity index (χ0n) is 13.5. The van der Waals surface area contributed by atoms with Crippen molar-refractivity contribution in [2.45, 2.75) is 19.5 Å². The van der Waals surface area contributed by atoms with Crippen molar-refractivity contribution in [1.29, 1.82) is 0 Å². The highest BCUT2D eigenvalue weighted by Gasteiger charge is 2.34. The Morgan fingerprint density at radius 3 is 2.32 bits per heavy atom. The minimum absolute atomic E-state index is 0.0910. The quantitative estimate of drug-likeness (QED) is 0.883. The van der Waals surface area contributed by atoms with E-state index in [1.807, 2.05) is 9.80 Å². The van der Waals surface area contributed by atoms with Gasteiger partial charge in [-0.05, 0) is 19.4 Å². The van der Waals surface area contributed by atoms with Crippen LogP contribution in [0.1, 0.15) is 17.9 Å². The number of hydrogen-bond donors (Lipinski definition) is 1. The molecule has 7 nitrogen and oxygen atoms in total. The first-order valence-electron chi connectivity index (χ1n) is 7.81. The maximum Gasteiger partial charge on any atom is 0.433 e. The molecule has 0 atom stereocenters. The van der Waals surface area contributed by atoms with Gasteiger partial charge in [0.15, 0.2) is 0 Å². The summed E-state index contributed by atoms with van der Waals surface area (Å²) in [6, 6.07) is 4.01. The number of alkyl halides is 3. The minimum Gasteiger partial charge on any atom is -0.355 e. The number of aromatic nitrogens is 4. The molecule has 1 N–H and O–H groups in total. The molecule has 0 bridgehead atoms. The number of hydrogen-bond acceptors (Lipinski definition) is 6. The molecule has 0 aromatic carbocycles. The maximum absolute atomic E-state index is 13.0. The van der Waals surface area contributed by atoms with Gasteiger partial charge in [-0.15, -0.1) is 0 Å². The Hall–Kier alpha value is -2.65. The highest BCUT2D eigenvalue weighted by Crippen LogP contribution is 2.30. The normalized spacial score (nSPS) is 16.0. The number of anilines is 2. The number of nitrogens with zero attached hydrogens (tertiary/aromatic N) is 5. The standard InChI is InChI=1S/C15H17F3N6O/c1-10-19-11(15(16,17)18)9-13(20-10)24-6-2-5-23(7-8-24)12-3-4-14(25)22-21-12/h3-4,9H,2,5-8H2,1H3,(H,22,25). The van der Waals surface area contributed by atoms with E-state index in [1.54, 1.807) is 6.07 Å². The van der Waals surface area contributed by atoms with Crippen molar-refractivity contribution in [3.8, 4) is 0 Å². The van der Waals surface area contributed by atoms with Crippen molar-refractivity contribution >= 4 is 11.6 Å². The van der Waals surface area contributed by atoms with Crippen LogP contribution in [0.3, 0.4) is 0 Å². The third kappa shape index (κ3) is 4.06. The third-order valence-corrected chi connectivity index (χ3v) is 3.92. The number of aromatic amines is 1. The lowest BCUT2D eigenvalue weighted by Crippen LogP contribution is -2.32. The number of H-pyrrole nitrogens is 1. The fourth-order valence-electron chi connectivity index (χ4n) is 2.75. The first kappa shape index (κ1) is 17.2. The molecule has 2 aromatic rings. The van der Waals surface area contributed by atoms with Crippen LogP contribution in [0, 0.1) is 6.92 Å². The van der Waals surface area contributed by atoms with Crippen LogP contribution in [-0.2, 0) is 6.18 Å². The van der Waals surface area contributed by atoms with Gasteiger partial charge in [0.05, 0.1) is 0 Å². The van der Waals surface area contributed by atoms with E-state index in [0.717, 1.165) is 12.5 Å². The Balaban J connectivity index is 1.78. The topological polar surface area (TPSA) is 78.0 Å². The molecule has 25 heavy (non-hydrogen) atoms. The van der Waals surface area contributed by atoms with Crippen molar-refractivity contribution in [2.24, 2.45) is 0 Å². The van der Waals surface area contributed by atoms with E-state index >= 15 is 0 Å². The van der Waals surface area contributed by atoms with Gasteiger partial charge in [-0.3, -0.25) is 4.79 Å². The summed E-state index contributed by atoms with van der Waals surface area (Å²) in [7, 11) is 0. The second-order valence-corrected chi connectivity index (χ2v) is 5.76. The number of rotatable bonds is 2. The summed E-state index contributed by atoms with van der Waals surface area (Å²) in [4.78, 5) is 22.5. The van der Waals surface area contributed by atoms with Crippen molar-refractivity contribution in [2.75, 3.05) is 36.0 Å². The van der Waals surface area contributed by atoms with Crippen LogP contribution in [0.2, 0.25) is 0 Å². The van der Waals surface area contributed by atoms with Gasteiger partial charge in [-0.1, -0.05) is 0 Å². The van der Waals surface area contributed by atoms with E-state index in [4.69, 9.17) is 0 Å². The molecule has 1 aliphatic heterocycles. The highest BCUT2D eigenvalue weighted by molar-refractivity contribution is 5.43. The zero-order valence-corrected chi connectivity index (χ0v) is 13.5. The summed E-state index contributed by atoms with van der Waals surface area (Å²) in [5.41, 5.74) is -1.21. The molecule has 3 heterocycles. The van der Waals surface area contributed by atoms with Crippen LogP contribution >= 0.6 is 0 Å². The molecule has 1 fully saturated rings. The van der Waals surface area contributed by atoms with Crippen LogP contribution in [0.4, 0.5) is 24.8 Å². The fourth-order valence-corrected chi connectivity index (χ4v) is 2.75. The summed E-state index contributed by atoms with van der Waals surface area (Å²) in [6.45, 7) is 3.77. The molecule has 134 valence electrons. The zero-order chi connectivity index (χ0) is 18.0. The van der Waals surface area contributed by atoms with Crippen LogP contribution in [0.15, 0.2) is 23.0 Å². The molecule has 0 radical (unpaired) electrons. The number of nitrogens with one attached hydrogen (secondary N) is 1. The van der Waals surface area contributed by atoms with E-state index in [0.29, 0.717) is 32.0 Å². The van der Waals surface area contributed by atoms with Gasteiger partial charge in [0.25, 0.3) is 5.56 Å². The van der Waals surface area contributed by atoms with Crippen LogP contribution in [-0.4, -0.2) is 46.3 Å². The lowest BCUT2D eigenvalue weighted by atomic mass is 10.3. The van der Waals surface area contributed by atoms with Crippen molar-refractivity contribution in [3.05, 3.63) is 40.1 Å². The summed E-state index contributed by atoms with van der Waals surface area (Å²) in [6.07, 6.45) is -3.77. The molecule has 0 saturated carbocycles. The van der Waals surface area contributed by atoms with Crippen LogP contribution < -0.4 is 15.4 Å². The molecular weight excluding hydrogens is 337 g/mol. The Bertz CT molecular complexity index is 786. The summed E-state index contributed by atoms with van der Waals surface area (Å²) < 4.78 is 38.9. The minimum atomic E-state index is -4.50. The SMILES string of the molecule is Cc1nc(N2CCCN(c3ccc(=O)[nH]n3)CC2)cc(C(F)(F)F)n1. The van der Waals surface area contributed by atoms with Gasteiger partial charge in [-0.2, -0.15) is 18.3 Å². The van der Waals surface area contributed by atoms with E-state index < -0.39 is 11.9 Å². The Kier molecular flexibility index (Phi) is 4.60. The van der Waals surface area contributed by atoms with Crippen molar-refractivity contribution in [3.63, 3.8) is 0 Å². The summed E-state index contributed by atoms with van der Waals surface area (Å²) in [5.74, 6) is 1.00. The van der Waals surface area contributed by atoms with Crippen LogP contribution in [0.25, 0.3) is 0 Å². The van der Waals surface area contributed by atoms with Gasteiger partial charge in [-0.25, -0.2) is 15.1 Å². The molecular formula is C15H17F3N6O. The Labute approximate surface area is 141 Å². The van der Waals surface area contributed by atoms with Gasteiger partial charge in [0, 0.05) is 38.3 Å². The van der Waals surface area contributed by atoms with Gasteiger partial charge >= 0.3 is 6.18 Å².